The summed E-state index contributed by atoms with van der Waals surface area (Å²) in [6, 6.07) is 14.9. The van der Waals surface area contributed by atoms with Crippen molar-refractivity contribution in [2.75, 3.05) is 0 Å². The zero-order valence-corrected chi connectivity index (χ0v) is 10.9. The second-order valence-corrected chi connectivity index (χ2v) is 5.58. The number of primary sulfonamides is 1. The minimum Gasteiger partial charge on any atom is -0.225 e. The number of sulfonamides is 1. The molecule has 2 rings (SSSR count). The monoisotopic (exact) mass is 261 g/mol. The van der Waals surface area contributed by atoms with Gasteiger partial charge < -0.3 is 0 Å². The summed E-state index contributed by atoms with van der Waals surface area (Å²) < 4.78 is 23.1. The molecule has 0 saturated carbocycles. The molecule has 0 fully saturated rings. The van der Waals surface area contributed by atoms with Gasteiger partial charge in [0.2, 0.25) is 10.0 Å². The Bertz CT molecular complexity index is 649. The fourth-order valence-corrected chi connectivity index (χ4v) is 2.95. The molecule has 0 aliphatic carbocycles. The van der Waals surface area contributed by atoms with Gasteiger partial charge >= 0.3 is 0 Å². The second kappa shape index (κ2) is 4.92. The Morgan fingerprint density at radius 3 is 2.22 bits per heavy atom. The van der Waals surface area contributed by atoms with E-state index < -0.39 is 10.0 Å². The van der Waals surface area contributed by atoms with Crippen LogP contribution in [-0.4, -0.2) is 8.42 Å². The summed E-state index contributed by atoms with van der Waals surface area (Å²) in [5.74, 6) is 0. The lowest BCUT2D eigenvalue weighted by Gasteiger charge is -2.12. The van der Waals surface area contributed by atoms with Crippen molar-refractivity contribution in [3.8, 4) is 11.1 Å². The Kier molecular flexibility index (Phi) is 3.50. The van der Waals surface area contributed by atoms with Crippen LogP contribution < -0.4 is 5.14 Å². The summed E-state index contributed by atoms with van der Waals surface area (Å²) in [6.07, 6.45) is 0.622. The van der Waals surface area contributed by atoms with E-state index in [4.69, 9.17) is 5.14 Å². The number of hydrogen-bond donors (Lipinski definition) is 1. The zero-order valence-electron chi connectivity index (χ0n) is 10.1. The summed E-state index contributed by atoms with van der Waals surface area (Å²) in [5.41, 5.74) is 2.69. The van der Waals surface area contributed by atoms with Crippen LogP contribution >= 0.6 is 0 Å². The summed E-state index contributed by atoms with van der Waals surface area (Å²) >= 11 is 0. The lowest BCUT2D eigenvalue weighted by atomic mass is 9.98. The Hall–Kier alpha value is -1.65. The Labute approximate surface area is 107 Å². The van der Waals surface area contributed by atoms with Crippen molar-refractivity contribution >= 4 is 10.0 Å². The molecular weight excluding hydrogens is 246 g/mol. The van der Waals surface area contributed by atoms with Crippen molar-refractivity contribution in [1.82, 2.24) is 0 Å². The highest BCUT2D eigenvalue weighted by Gasteiger charge is 2.16. The lowest BCUT2D eigenvalue weighted by Crippen LogP contribution is -2.14. The predicted octanol–water partition coefficient (Wildman–Crippen LogP) is 2.56. The third kappa shape index (κ3) is 2.44. The molecule has 0 aliphatic rings. The minimum absolute atomic E-state index is 0.214. The maximum Gasteiger partial charge on any atom is 0.238 e. The van der Waals surface area contributed by atoms with E-state index in [0.29, 0.717) is 6.42 Å². The summed E-state index contributed by atoms with van der Waals surface area (Å²) in [6.45, 7) is 1.93. The van der Waals surface area contributed by atoms with Crippen molar-refractivity contribution in [1.29, 1.82) is 0 Å². The molecule has 0 aliphatic heterocycles. The van der Waals surface area contributed by atoms with Crippen LogP contribution in [0, 0.1) is 0 Å². The molecule has 0 bridgehead atoms. The molecule has 0 aromatic heterocycles. The van der Waals surface area contributed by atoms with E-state index >= 15 is 0 Å². The van der Waals surface area contributed by atoms with Crippen LogP contribution in [0.1, 0.15) is 12.5 Å². The predicted molar refractivity (Wildman–Crippen MR) is 72.6 cm³/mol. The summed E-state index contributed by atoms with van der Waals surface area (Å²) in [5, 5.41) is 5.25. The molecule has 94 valence electrons. The Balaban J connectivity index is 2.71. The van der Waals surface area contributed by atoms with Gasteiger partial charge in [-0.3, -0.25) is 0 Å². The van der Waals surface area contributed by atoms with E-state index in [1.807, 2.05) is 43.3 Å². The van der Waals surface area contributed by atoms with Gasteiger partial charge in [-0.1, -0.05) is 49.4 Å². The number of nitrogens with two attached hydrogens (primary N) is 1. The van der Waals surface area contributed by atoms with Gasteiger partial charge in [0.05, 0.1) is 4.90 Å². The first-order chi connectivity index (χ1) is 8.54. The van der Waals surface area contributed by atoms with Crippen LogP contribution in [-0.2, 0) is 16.4 Å². The SMILES string of the molecule is CCc1c(-c2ccccc2)cccc1S(N)(=O)=O. The highest BCUT2D eigenvalue weighted by molar-refractivity contribution is 7.89. The summed E-state index contributed by atoms with van der Waals surface area (Å²) in [7, 11) is -3.68. The van der Waals surface area contributed by atoms with Crippen LogP contribution in [0.4, 0.5) is 0 Å². The summed E-state index contributed by atoms with van der Waals surface area (Å²) in [4.78, 5) is 0.214. The number of hydrogen-bond acceptors (Lipinski definition) is 2. The van der Waals surface area contributed by atoms with Crippen molar-refractivity contribution in [2.24, 2.45) is 5.14 Å². The molecule has 0 amide bonds. The van der Waals surface area contributed by atoms with Gasteiger partial charge in [-0.15, -0.1) is 0 Å². The smallest absolute Gasteiger partial charge is 0.225 e. The molecule has 0 radical (unpaired) electrons. The normalized spacial score (nSPS) is 11.4. The second-order valence-electron chi connectivity index (χ2n) is 4.05. The maximum atomic E-state index is 11.6. The van der Waals surface area contributed by atoms with Crippen molar-refractivity contribution < 1.29 is 8.42 Å². The van der Waals surface area contributed by atoms with Crippen molar-refractivity contribution in [3.63, 3.8) is 0 Å². The van der Waals surface area contributed by atoms with E-state index in [1.54, 1.807) is 12.1 Å². The van der Waals surface area contributed by atoms with E-state index in [2.05, 4.69) is 0 Å². The highest BCUT2D eigenvalue weighted by Crippen LogP contribution is 2.28. The van der Waals surface area contributed by atoms with Crippen LogP contribution in [0.25, 0.3) is 11.1 Å². The average molecular weight is 261 g/mol. The molecule has 2 N–H and O–H groups in total. The molecule has 4 heteroatoms. The van der Waals surface area contributed by atoms with Crippen LogP contribution in [0.15, 0.2) is 53.4 Å². The van der Waals surface area contributed by atoms with E-state index in [0.717, 1.165) is 16.7 Å². The third-order valence-electron chi connectivity index (χ3n) is 2.88. The molecule has 0 atom stereocenters. The fourth-order valence-electron chi connectivity index (χ4n) is 2.09. The number of rotatable bonds is 3. The van der Waals surface area contributed by atoms with E-state index in [9.17, 15) is 8.42 Å². The molecule has 2 aromatic carbocycles. The first-order valence-electron chi connectivity index (χ1n) is 5.74. The van der Waals surface area contributed by atoms with Gasteiger partial charge in [-0.25, -0.2) is 13.6 Å². The molecular formula is C14H15NO2S. The fraction of sp³-hybridized carbons (Fsp3) is 0.143. The molecule has 0 unspecified atom stereocenters. The van der Waals surface area contributed by atoms with Gasteiger partial charge in [-0.2, -0.15) is 0 Å². The minimum atomic E-state index is -3.68. The molecule has 0 spiro atoms. The maximum absolute atomic E-state index is 11.6. The lowest BCUT2D eigenvalue weighted by molar-refractivity contribution is 0.597. The Morgan fingerprint density at radius 2 is 1.67 bits per heavy atom. The molecule has 2 aromatic rings. The van der Waals surface area contributed by atoms with E-state index in [-0.39, 0.29) is 4.90 Å². The Morgan fingerprint density at radius 1 is 1.00 bits per heavy atom. The molecule has 18 heavy (non-hydrogen) atoms. The van der Waals surface area contributed by atoms with Gasteiger partial charge in [0.25, 0.3) is 0 Å². The highest BCUT2D eigenvalue weighted by atomic mass is 32.2. The van der Waals surface area contributed by atoms with Crippen LogP contribution in [0.2, 0.25) is 0 Å². The van der Waals surface area contributed by atoms with Gasteiger partial charge in [0.1, 0.15) is 0 Å². The average Bonchev–Trinajstić information content (AvgIpc) is 2.37. The van der Waals surface area contributed by atoms with Crippen molar-refractivity contribution in [3.05, 3.63) is 54.1 Å². The third-order valence-corrected chi connectivity index (χ3v) is 3.87. The molecule has 3 nitrogen and oxygen atoms in total. The topological polar surface area (TPSA) is 60.2 Å². The van der Waals surface area contributed by atoms with Crippen LogP contribution in [0.3, 0.4) is 0 Å². The van der Waals surface area contributed by atoms with Crippen LogP contribution in [0.5, 0.6) is 0 Å². The van der Waals surface area contributed by atoms with Crippen molar-refractivity contribution in [2.45, 2.75) is 18.2 Å². The van der Waals surface area contributed by atoms with Gasteiger partial charge in [0.15, 0.2) is 0 Å². The largest absolute Gasteiger partial charge is 0.238 e. The first kappa shape index (κ1) is 12.8. The zero-order chi connectivity index (χ0) is 13.2. The number of benzene rings is 2. The first-order valence-corrected chi connectivity index (χ1v) is 7.28. The molecule has 0 saturated heterocycles. The molecule has 0 heterocycles. The quantitative estimate of drug-likeness (QED) is 0.923. The standard InChI is InChI=1S/C14H15NO2S/c1-2-12-13(11-7-4-3-5-8-11)9-6-10-14(12)18(15,16)17/h3-10H,2H2,1H3,(H2,15,16,17). The van der Waals surface area contributed by atoms with Gasteiger partial charge in [-0.05, 0) is 29.2 Å². The van der Waals surface area contributed by atoms with E-state index in [1.165, 1.54) is 0 Å². The van der Waals surface area contributed by atoms with Gasteiger partial charge in [0, 0.05) is 0 Å².